The Labute approximate surface area is 195 Å². The quantitative estimate of drug-likeness (QED) is 0.317. The van der Waals surface area contributed by atoms with E-state index in [-0.39, 0.29) is 5.41 Å². The SMILES string of the molecule is CCCCCCC[C@]1(C#N)CC[C@H](c2ccc(-c3ncc(CCCCC)cn3)cc2)CC1. The third-order valence-corrected chi connectivity index (χ3v) is 7.35. The van der Waals surface area contributed by atoms with Crippen LogP contribution in [0.2, 0.25) is 0 Å². The number of aromatic nitrogens is 2. The van der Waals surface area contributed by atoms with Crippen molar-refractivity contribution in [1.82, 2.24) is 9.97 Å². The first kappa shape index (κ1) is 24.4. The van der Waals surface area contributed by atoms with Crippen molar-refractivity contribution in [3.8, 4) is 17.5 Å². The summed E-state index contributed by atoms with van der Waals surface area (Å²) in [7, 11) is 0. The van der Waals surface area contributed by atoms with E-state index in [0.29, 0.717) is 5.92 Å². The molecule has 0 atom stereocenters. The van der Waals surface area contributed by atoms with Crippen LogP contribution in [-0.2, 0) is 6.42 Å². The molecule has 32 heavy (non-hydrogen) atoms. The fourth-order valence-corrected chi connectivity index (χ4v) is 5.10. The summed E-state index contributed by atoms with van der Waals surface area (Å²) in [5.74, 6) is 1.39. The summed E-state index contributed by atoms with van der Waals surface area (Å²) in [6, 6.07) is 11.6. The van der Waals surface area contributed by atoms with E-state index in [9.17, 15) is 5.26 Å². The highest BCUT2D eigenvalue weighted by molar-refractivity contribution is 5.55. The minimum absolute atomic E-state index is 0.0740. The number of nitriles is 1. The monoisotopic (exact) mass is 431 g/mol. The largest absolute Gasteiger partial charge is 0.236 e. The van der Waals surface area contributed by atoms with Gasteiger partial charge in [-0.15, -0.1) is 0 Å². The number of hydrogen-bond acceptors (Lipinski definition) is 3. The Kier molecular flexibility index (Phi) is 9.72. The molecule has 172 valence electrons. The van der Waals surface area contributed by atoms with E-state index in [1.807, 2.05) is 12.4 Å². The van der Waals surface area contributed by atoms with E-state index < -0.39 is 0 Å². The highest BCUT2D eigenvalue weighted by Gasteiger charge is 2.35. The molecule has 1 aliphatic rings. The molecule has 3 heteroatoms. The van der Waals surface area contributed by atoms with Crippen LogP contribution in [0.15, 0.2) is 36.7 Å². The summed E-state index contributed by atoms with van der Waals surface area (Å²) in [5.41, 5.74) is 3.64. The van der Waals surface area contributed by atoms with E-state index in [1.165, 1.54) is 62.5 Å². The van der Waals surface area contributed by atoms with Crippen LogP contribution in [0.4, 0.5) is 0 Å². The molecule has 3 nitrogen and oxygen atoms in total. The van der Waals surface area contributed by atoms with E-state index in [1.54, 1.807) is 0 Å². The maximum absolute atomic E-state index is 9.88. The summed E-state index contributed by atoms with van der Waals surface area (Å²) in [6.45, 7) is 4.48. The predicted octanol–water partition coefficient (Wildman–Crippen LogP) is 8.40. The first-order valence-electron chi connectivity index (χ1n) is 13.0. The van der Waals surface area contributed by atoms with Crippen LogP contribution in [0.5, 0.6) is 0 Å². The van der Waals surface area contributed by atoms with Gasteiger partial charge < -0.3 is 0 Å². The average molecular weight is 432 g/mol. The van der Waals surface area contributed by atoms with Crippen molar-refractivity contribution >= 4 is 0 Å². The summed E-state index contributed by atoms with van der Waals surface area (Å²) in [4.78, 5) is 9.20. The van der Waals surface area contributed by atoms with Crippen molar-refractivity contribution in [3.63, 3.8) is 0 Å². The molecule has 2 aromatic rings. The summed E-state index contributed by atoms with van der Waals surface area (Å²) in [5, 5.41) is 9.88. The molecular weight excluding hydrogens is 390 g/mol. The zero-order valence-electron chi connectivity index (χ0n) is 20.3. The molecule has 0 saturated heterocycles. The minimum atomic E-state index is -0.0740. The molecular formula is C29H41N3. The number of hydrogen-bond donors (Lipinski definition) is 0. The van der Waals surface area contributed by atoms with Crippen molar-refractivity contribution in [1.29, 1.82) is 5.26 Å². The Balaban J connectivity index is 1.52. The highest BCUT2D eigenvalue weighted by Crippen LogP contribution is 2.45. The summed E-state index contributed by atoms with van der Waals surface area (Å²) in [6.07, 6.45) is 20.6. The molecule has 0 radical (unpaired) electrons. The second-order valence-electron chi connectivity index (χ2n) is 9.82. The highest BCUT2D eigenvalue weighted by atomic mass is 14.9. The Hall–Kier alpha value is -2.21. The lowest BCUT2D eigenvalue weighted by Gasteiger charge is -2.35. The third-order valence-electron chi connectivity index (χ3n) is 7.35. The van der Waals surface area contributed by atoms with Gasteiger partial charge in [-0.25, -0.2) is 9.97 Å². The number of nitrogens with zero attached hydrogens (tertiary/aromatic N) is 3. The van der Waals surface area contributed by atoms with Gasteiger partial charge in [0.25, 0.3) is 0 Å². The smallest absolute Gasteiger partial charge is 0.159 e. The van der Waals surface area contributed by atoms with Gasteiger partial charge in [-0.05, 0) is 62.0 Å². The van der Waals surface area contributed by atoms with Crippen LogP contribution in [-0.4, -0.2) is 9.97 Å². The molecule has 3 rings (SSSR count). The Morgan fingerprint density at radius 2 is 1.50 bits per heavy atom. The van der Waals surface area contributed by atoms with Crippen LogP contribution < -0.4 is 0 Å². The van der Waals surface area contributed by atoms with Gasteiger partial charge in [0.05, 0.1) is 11.5 Å². The third kappa shape index (κ3) is 6.89. The van der Waals surface area contributed by atoms with E-state index >= 15 is 0 Å². The number of rotatable bonds is 12. The first-order chi connectivity index (χ1) is 15.7. The van der Waals surface area contributed by atoms with Gasteiger partial charge in [-0.1, -0.05) is 83.1 Å². The molecule has 1 aromatic carbocycles. The zero-order valence-corrected chi connectivity index (χ0v) is 20.3. The first-order valence-corrected chi connectivity index (χ1v) is 13.0. The number of aryl methyl sites for hydroxylation is 1. The van der Waals surface area contributed by atoms with E-state index in [4.69, 9.17) is 0 Å². The normalized spacial score (nSPS) is 20.7. The Morgan fingerprint density at radius 1 is 0.875 bits per heavy atom. The molecule has 0 unspecified atom stereocenters. The van der Waals surface area contributed by atoms with Crippen LogP contribution in [0.25, 0.3) is 11.4 Å². The van der Waals surface area contributed by atoms with Gasteiger partial charge in [0.1, 0.15) is 0 Å². The number of unbranched alkanes of at least 4 members (excludes halogenated alkanes) is 6. The molecule has 1 aromatic heterocycles. The van der Waals surface area contributed by atoms with Crippen molar-refractivity contribution in [2.24, 2.45) is 5.41 Å². The zero-order chi connectivity index (χ0) is 22.7. The molecule has 1 saturated carbocycles. The van der Waals surface area contributed by atoms with Gasteiger partial charge >= 0.3 is 0 Å². The minimum Gasteiger partial charge on any atom is -0.236 e. The van der Waals surface area contributed by atoms with E-state index in [0.717, 1.165) is 49.9 Å². The van der Waals surface area contributed by atoms with Crippen LogP contribution in [0, 0.1) is 16.7 Å². The van der Waals surface area contributed by atoms with Crippen molar-refractivity contribution in [3.05, 3.63) is 47.8 Å². The molecule has 0 amide bonds. The second kappa shape index (κ2) is 12.7. The van der Waals surface area contributed by atoms with Crippen molar-refractivity contribution in [2.75, 3.05) is 0 Å². The van der Waals surface area contributed by atoms with Crippen LogP contribution >= 0.6 is 0 Å². The van der Waals surface area contributed by atoms with Crippen LogP contribution in [0.1, 0.15) is 114 Å². The fraction of sp³-hybridized carbons (Fsp3) is 0.621. The van der Waals surface area contributed by atoms with Crippen LogP contribution in [0.3, 0.4) is 0 Å². The maximum atomic E-state index is 9.88. The lowest BCUT2D eigenvalue weighted by atomic mass is 9.67. The number of benzene rings is 1. The molecule has 1 fully saturated rings. The Morgan fingerprint density at radius 3 is 2.12 bits per heavy atom. The topological polar surface area (TPSA) is 49.6 Å². The van der Waals surface area contributed by atoms with Crippen molar-refractivity contribution < 1.29 is 0 Å². The van der Waals surface area contributed by atoms with Gasteiger partial charge in [0, 0.05) is 18.0 Å². The average Bonchev–Trinajstić information content (AvgIpc) is 2.85. The van der Waals surface area contributed by atoms with Gasteiger partial charge in [-0.2, -0.15) is 5.26 Å². The summed E-state index contributed by atoms with van der Waals surface area (Å²) >= 11 is 0. The Bertz CT molecular complexity index is 824. The molecule has 1 heterocycles. The van der Waals surface area contributed by atoms with Gasteiger partial charge in [0.15, 0.2) is 5.82 Å². The molecule has 0 bridgehead atoms. The molecule has 0 spiro atoms. The molecule has 0 N–H and O–H groups in total. The lowest BCUT2D eigenvalue weighted by Crippen LogP contribution is -2.25. The lowest BCUT2D eigenvalue weighted by molar-refractivity contribution is 0.223. The van der Waals surface area contributed by atoms with E-state index in [2.05, 4.69) is 54.2 Å². The summed E-state index contributed by atoms with van der Waals surface area (Å²) < 4.78 is 0. The predicted molar refractivity (Wildman–Crippen MR) is 133 cm³/mol. The molecule has 1 aliphatic carbocycles. The van der Waals surface area contributed by atoms with Gasteiger partial charge in [-0.3, -0.25) is 0 Å². The standard InChI is InChI=1S/C29H41N3/c1-3-5-7-8-10-18-29(23-30)19-16-26(17-20-29)25-12-14-27(15-13-25)28-31-21-24(22-32-28)11-9-6-4-2/h12-15,21-22,26H,3-11,16-20H2,1-2H3/t26-,29-. The second-order valence-corrected chi connectivity index (χ2v) is 9.82. The fourth-order valence-electron chi connectivity index (χ4n) is 5.10. The van der Waals surface area contributed by atoms with Gasteiger partial charge in [0.2, 0.25) is 0 Å². The maximum Gasteiger partial charge on any atom is 0.159 e. The van der Waals surface area contributed by atoms with Crippen molar-refractivity contribution in [2.45, 2.75) is 110 Å². The molecule has 0 aliphatic heterocycles.